The molecule has 0 aliphatic rings. The van der Waals surface area contributed by atoms with Crippen molar-refractivity contribution in [2.24, 2.45) is 0 Å². The zero-order valence-electron chi connectivity index (χ0n) is 9.60. The summed E-state index contributed by atoms with van der Waals surface area (Å²) >= 11 is 1.62. The van der Waals surface area contributed by atoms with Crippen LogP contribution in [0.25, 0.3) is 0 Å². The van der Waals surface area contributed by atoms with Gasteiger partial charge in [-0.05, 0) is 41.6 Å². The lowest BCUT2D eigenvalue weighted by atomic mass is 10.1. The highest BCUT2D eigenvalue weighted by Gasteiger charge is 2.19. The first-order chi connectivity index (χ1) is 8.26. The minimum atomic E-state index is -0.462. The van der Waals surface area contributed by atoms with Crippen LogP contribution in [0.3, 0.4) is 0 Å². The second-order valence-electron chi connectivity index (χ2n) is 3.47. The fourth-order valence-corrected chi connectivity index (χ4v) is 2.32. The lowest BCUT2D eigenvalue weighted by Gasteiger charge is -2.11. The van der Waals surface area contributed by atoms with Crippen LogP contribution in [0.2, 0.25) is 0 Å². The van der Waals surface area contributed by atoms with Crippen LogP contribution >= 0.6 is 11.3 Å². The Morgan fingerprint density at radius 1 is 1.47 bits per heavy atom. The largest absolute Gasteiger partial charge is 0.463 e. The summed E-state index contributed by atoms with van der Waals surface area (Å²) in [6, 6.07) is 5.38. The van der Waals surface area contributed by atoms with Gasteiger partial charge in [-0.1, -0.05) is 0 Å². The zero-order valence-corrected chi connectivity index (χ0v) is 10.4. The maximum atomic E-state index is 11.3. The fraction of sp³-hybridized carbons (Fsp3) is 0.250. The van der Waals surface area contributed by atoms with Crippen molar-refractivity contribution in [3.8, 4) is 0 Å². The standard InChI is InChI=1S/C12H13NO3S/c1-13-11(8-5-6-17-7-8)9-3-4-10(16-9)12(14)15-2/h3-7,11,13H,1-2H3. The highest BCUT2D eigenvalue weighted by Crippen LogP contribution is 2.25. The van der Waals surface area contributed by atoms with Gasteiger partial charge in [-0.15, -0.1) is 0 Å². The number of carbonyl (C=O) groups excluding carboxylic acids is 1. The molecule has 4 nitrogen and oxygen atoms in total. The number of nitrogens with one attached hydrogen (secondary N) is 1. The Morgan fingerprint density at radius 2 is 2.29 bits per heavy atom. The summed E-state index contributed by atoms with van der Waals surface area (Å²) in [5.74, 6) is 0.459. The number of methoxy groups -OCH3 is 1. The third kappa shape index (κ3) is 2.40. The molecular formula is C12H13NO3S. The molecule has 17 heavy (non-hydrogen) atoms. The van der Waals surface area contributed by atoms with E-state index in [0.717, 1.165) is 5.56 Å². The van der Waals surface area contributed by atoms with Gasteiger partial charge in [-0.3, -0.25) is 0 Å². The Kier molecular flexibility index (Phi) is 3.61. The van der Waals surface area contributed by atoms with Gasteiger partial charge in [0, 0.05) is 0 Å². The molecule has 0 saturated heterocycles. The van der Waals surface area contributed by atoms with Crippen molar-refractivity contribution in [2.75, 3.05) is 14.2 Å². The average Bonchev–Trinajstić information content (AvgIpc) is 3.00. The number of furan rings is 1. The van der Waals surface area contributed by atoms with E-state index in [2.05, 4.69) is 10.1 Å². The smallest absolute Gasteiger partial charge is 0.373 e. The molecule has 2 aromatic rings. The average molecular weight is 251 g/mol. The summed E-state index contributed by atoms with van der Waals surface area (Å²) in [6.07, 6.45) is 0. The molecule has 0 aliphatic heterocycles. The minimum Gasteiger partial charge on any atom is -0.463 e. The van der Waals surface area contributed by atoms with Gasteiger partial charge >= 0.3 is 5.97 Å². The predicted molar refractivity (Wildman–Crippen MR) is 65.3 cm³/mol. The number of esters is 1. The predicted octanol–water partition coefficient (Wildman–Crippen LogP) is 2.44. The van der Waals surface area contributed by atoms with E-state index < -0.39 is 5.97 Å². The Bertz CT molecular complexity index is 490. The van der Waals surface area contributed by atoms with Crippen LogP contribution in [0, 0.1) is 0 Å². The molecule has 1 atom stereocenters. The Balaban J connectivity index is 2.26. The highest BCUT2D eigenvalue weighted by atomic mass is 32.1. The molecule has 2 rings (SSSR count). The first-order valence-electron chi connectivity index (χ1n) is 5.13. The molecule has 0 fully saturated rings. The van der Waals surface area contributed by atoms with E-state index in [1.807, 2.05) is 23.9 Å². The highest BCUT2D eigenvalue weighted by molar-refractivity contribution is 7.08. The molecule has 90 valence electrons. The van der Waals surface area contributed by atoms with E-state index >= 15 is 0 Å². The Labute approximate surface area is 103 Å². The van der Waals surface area contributed by atoms with Crippen molar-refractivity contribution < 1.29 is 13.9 Å². The lowest BCUT2D eigenvalue weighted by Crippen LogP contribution is -2.16. The number of thiophene rings is 1. The third-order valence-electron chi connectivity index (χ3n) is 2.46. The summed E-state index contributed by atoms with van der Waals surface area (Å²) in [6.45, 7) is 0. The van der Waals surface area contributed by atoms with Crippen LogP contribution in [0.4, 0.5) is 0 Å². The number of carbonyl (C=O) groups is 1. The molecule has 0 amide bonds. The zero-order chi connectivity index (χ0) is 12.3. The summed E-state index contributed by atoms with van der Waals surface area (Å²) in [5, 5.41) is 7.20. The van der Waals surface area contributed by atoms with Crippen LogP contribution in [0.5, 0.6) is 0 Å². The van der Waals surface area contributed by atoms with Crippen LogP contribution in [-0.4, -0.2) is 20.1 Å². The molecule has 0 radical (unpaired) electrons. The van der Waals surface area contributed by atoms with Crippen LogP contribution in [0.1, 0.15) is 27.9 Å². The van der Waals surface area contributed by atoms with Crippen molar-refractivity contribution in [1.29, 1.82) is 0 Å². The van der Waals surface area contributed by atoms with Crippen molar-refractivity contribution >= 4 is 17.3 Å². The monoisotopic (exact) mass is 251 g/mol. The summed E-state index contributed by atoms with van der Waals surface area (Å²) in [7, 11) is 3.18. The lowest BCUT2D eigenvalue weighted by molar-refractivity contribution is 0.0562. The number of hydrogen-bond donors (Lipinski definition) is 1. The molecular weight excluding hydrogens is 238 g/mol. The quantitative estimate of drug-likeness (QED) is 0.848. The molecule has 0 aliphatic carbocycles. The van der Waals surface area contributed by atoms with Crippen molar-refractivity contribution in [1.82, 2.24) is 5.32 Å². The maximum absolute atomic E-state index is 11.3. The second kappa shape index (κ2) is 5.16. The van der Waals surface area contributed by atoms with Gasteiger partial charge in [0.2, 0.25) is 5.76 Å². The maximum Gasteiger partial charge on any atom is 0.373 e. The minimum absolute atomic E-state index is 0.0420. The molecule has 2 heterocycles. The molecule has 2 aromatic heterocycles. The molecule has 0 saturated carbocycles. The van der Waals surface area contributed by atoms with E-state index in [0.29, 0.717) is 5.76 Å². The van der Waals surface area contributed by atoms with Gasteiger partial charge in [0.25, 0.3) is 0 Å². The van der Waals surface area contributed by atoms with Gasteiger partial charge in [0.05, 0.1) is 13.2 Å². The molecule has 5 heteroatoms. The van der Waals surface area contributed by atoms with E-state index in [9.17, 15) is 4.79 Å². The van der Waals surface area contributed by atoms with E-state index in [1.54, 1.807) is 23.5 Å². The molecule has 1 N–H and O–H groups in total. The van der Waals surface area contributed by atoms with Gasteiger partial charge in [-0.25, -0.2) is 4.79 Å². The van der Waals surface area contributed by atoms with Crippen molar-refractivity contribution in [3.05, 3.63) is 46.0 Å². The van der Waals surface area contributed by atoms with Crippen LogP contribution < -0.4 is 5.32 Å². The Hall–Kier alpha value is -1.59. The van der Waals surface area contributed by atoms with Gasteiger partial charge < -0.3 is 14.5 Å². The molecule has 0 aromatic carbocycles. The van der Waals surface area contributed by atoms with E-state index in [4.69, 9.17) is 4.42 Å². The van der Waals surface area contributed by atoms with Crippen molar-refractivity contribution in [2.45, 2.75) is 6.04 Å². The van der Waals surface area contributed by atoms with Crippen LogP contribution in [0.15, 0.2) is 33.4 Å². The molecule has 1 unspecified atom stereocenters. The van der Waals surface area contributed by atoms with E-state index in [-0.39, 0.29) is 11.8 Å². The van der Waals surface area contributed by atoms with E-state index in [1.165, 1.54) is 7.11 Å². The Morgan fingerprint density at radius 3 is 2.88 bits per heavy atom. The number of rotatable bonds is 4. The third-order valence-corrected chi connectivity index (χ3v) is 3.16. The normalized spacial score (nSPS) is 12.4. The van der Waals surface area contributed by atoms with Gasteiger partial charge in [0.15, 0.2) is 0 Å². The summed E-state index contributed by atoms with van der Waals surface area (Å²) < 4.78 is 10.1. The number of hydrogen-bond acceptors (Lipinski definition) is 5. The van der Waals surface area contributed by atoms with Gasteiger partial charge in [0.1, 0.15) is 5.76 Å². The number of ether oxygens (including phenoxy) is 1. The van der Waals surface area contributed by atoms with Crippen LogP contribution in [-0.2, 0) is 4.74 Å². The van der Waals surface area contributed by atoms with Gasteiger partial charge in [-0.2, -0.15) is 11.3 Å². The van der Waals surface area contributed by atoms with Crippen molar-refractivity contribution in [3.63, 3.8) is 0 Å². The molecule has 0 spiro atoms. The molecule has 0 bridgehead atoms. The second-order valence-corrected chi connectivity index (χ2v) is 4.25. The SMILES string of the molecule is CNC(c1ccsc1)c1ccc(C(=O)OC)o1. The first kappa shape index (κ1) is 11.9. The summed E-state index contributed by atoms with van der Waals surface area (Å²) in [5.41, 5.74) is 1.11. The topological polar surface area (TPSA) is 51.5 Å². The fourth-order valence-electron chi connectivity index (χ4n) is 1.63. The first-order valence-corrected chi connectivity index (χ1v) is 6.08. The summed E-state index contributed by atoms with van der Waals surface area (Å²) in [4.78, 5) is 11.3.